The van der Waals surface area contributed by atoms with Gasteiger partial charge in [-0.15, -0.1) is 11.8 Å². The molecule has 0 heterocycles. The molecule has 0 amide bonds. The van der Waals surface area contributed by atoms with Crippen molar-refractivity contribution in [3.63, 3.8) is 0 Å². The molecule has 3 rings (SSSR count). The molecule has 0 bridgehead atoms. The van der Waals surface area contributed by atoms with Crippen molar-refractivity contribution in [3.05, 3.63) is 64.6 Å². The van der Waals surface area contributed by atoms with Crippen LogP contribution in [0.4, 0.5) is 0 Å². The monoisotopic (exact) mass is 383 g/mol. The second-order valence-corrected chi connectivity index (χ2v) is 8.95. The van der Waals surface area contributed by atoms with Gasteiger partial charge in [-0.1, -0.05) is 24.3 Å². The van der Waals surface area contributed by atoms with Crippen LogP contribution in [0.5, 0.6) is 0 Å². The van der Waals surface area contributed by atoms with E-state index in [1.807, 2.05) is 18.8 Å². The third-order valence-electron chi connectivity index (χ3n) is 5.26. The molecule has 2 aliphatic rings. The largest absolute Gasteiger partial charge is 0.491 e. The fourth-order valence-corrected chi connectivity index (χ4v) is 5.14. The first kappa shape index (κ1) is 20.1. The van der Waals surface area contributed by atoms with Gasteiger partial charge in [-0.3, -0.25) is 0 Å². The molecular weight excluding hydrogens is 350 g/mol. The molecule has 0 saturated heterocycles. The number of allylic oxidation sites excluding steroid dienone is 3. The Hall–Kier alpha value is -1.61. The van der Waals surface area contributed by atoms with Gasteiger partial charge in [0.1, 0.15) is 5.76 Å². The van der Waals surface area contributed by atoms with Gasteiger partial charge in [0.25, 0.3) is 0 Å². The Morgan fingerprint density at radius 3 is 2.85 bits per heavy atom. The molecule has 2 aliphatic carbocycles. The van der Waals surface area contributed by atoms with E-state index in [0.717, 1.165) is 17.9 Å². The van der Waals surface area contributed by atoms with Crippen LogP contribution < -0.4 is 5.32 Å². The van der Waals surface area contributed by atoms with Crippen molar-refractivity contribution >= 4 is 16.7 Å². The van der Waals surface area contributed by atoms with E-state index in [1.165, 1.54) is 41.7 Å². The summed E-state index contributed by atoms with van der Waals surface area (Å²) >= 11 is 1.98. The van der Waals surface area contributed by atoms with E-state index >= 15 is 0 Å². The summed E-state index contributed by atoms with van der Waals surface area (Å²) in [5, 5.41) is 3.27. The van der Waals surface area contributed by atoms with E-state index in [0.29, 0.717) is 5.92 Å². The van der Waals surface area contributed by atoms with Gasteiger partial charge in [0.2, 0.25) is 0 Å². The molecule has 146 valence electrons. The predicted octanol–water partition coefficient (Wildman–Crippen LogP) is 6.09. The topological polar surface area (TPSA) is 21.3 Å². The number of nitrogens with one attached hydrogen (secondary N) is 1. The number of hydrogen-bond acceptors (Lipinski definition) is 3. The normalized spacial score (nSPS) is 20.0. The molecule has 2 nitrogen and oxygen atoms in total. The standard InChI is InChI=1S/C24H33NOS/c1-17(2)26-23-13-12-19(14-18(23)3)16-27-24(15-25-4)22-11-7-9-20-8-5-6-10-21(20)22/h7,9,11-13,15,17,19,25H,5-6,8,10,14,16H2,1-4H3/b24-15-. The minimum atomic E-state index is 0.236. The zero-order chi connectivity index (χ0) is 19.2. The van der Waals surface area contributed by atoms with Crippen LogP contribution in [-0.2, 0) is 17.6 Å². The Kier molecular flexibility index (Phi) is 7.12. The van der Waals surface area contributed by atoms with E-state index in [2.05, 4.69) is 62.6 Å². The van der Waals surface area contributed by atoms with E-state index in [1.54, 1.807) is 11.1 Å². The maximum Gasteiger partial charge on any atom is 0.118 e. The lowest BCUT2D eigenvalue weighted by Gasteiger charge is -2.24. The molecule has 1 aromatic rings. The molecule has 1 atom stereocenters. The van der Waals surface area contributed by atoms with Gasteiger partial charge in [0.05, 0.1) is 6.10 Å². The average molecular weight is 384 g/mol. The Labute approximate surface area is 169 Å². The first-order valence-electron chi connectivity index (χ1n) is 10.2. The molecular formula is C24H33NOS. The predicted molar refractivity (Wildman–Crippen MR) is 119 cm³/mol. The average Bonchev–Trinajstić information content (AvgIpc) is 2.66. The van der Waals surface area contributed by atoms with Crippen LogP contribution in [0, 0.1) is 5.92 Å². The number of hydrogen-bond donors (Lipinski definition) is 1. The van der Waals surface area contributed by atoms with Crippen LogP contribution in [0.15, 0.2) is 47.9 Å². The van der Waals surface area contributed by atoms with Crippen LogP contribution in [0.25, 0.3) is 4.91 Å². The SMILES string of the molecule is CN/C=C(\SCC1C=CC(OC(C)C)=C(C)C1)c1cccc2c1CCCC2. The highest BCUT2D eigenvalue weighted by molar-refractivity contribution is 8.08. The second-order valence-electron chi connectivity index (χ2n) is 7.89. The molecule has 27 heavy (non-hydrogen) atoms. The Morgan fingerprint density at radius 2 is 2.11 bits per heavy atom. The fraction of sp³-hybridized carbons (Fsp3) is 0.500. The third kappa shape index (κ3) is 5.22. The van der Waals surface area contributed by atoms with Gasteiger partial charge in [-0.25, -0.2) is 0 Å². The number of thioether (sulfide) groups is 1. The quantitative estimate of drug-likeness (QED) is 0.615. The highest BCUT2D eigenvalue weighted by Crippen LogP contribution is 2.37. The van der Waals surface area contributed by atoms with E-state index < -0.39 is 0 Å². The molecule has 1 N–H and O–H groups in total. The molecule has 1 unspecified atom stereocenters. The maximum absolute atomic E-state index is 5.91. The van der Waals surface area contributed by atoms with Crippen molar-refractivity contribution in [1.82, 2.24) is 5.32 Å². The van der Waals surface area contributed by atoms with Gasteiger partial charge in [-0.2, -0.15) is 0 Å². The minimum absolute atomic E-state index is 0.236. The molecule has 0 aromatic heterocycles. The summed E-state index contributed by atoms with van der Waals surface area (Å²) in [7, 11) is 2.00. The summed E-state index contributed by atoms with van der Waals surface area (Å²) in [6, 6.07) is 6.84. The molecule has 0 spiro atoms. The summed E-state index contributed by atoms with van der Waals surface area (Å²) < 4.78 is 5.91. The highest BCUT2D eigenvalue weighted by Gasteiger charge is 2.19. The van der Waals surface area contributed by atoms with Crippen molar-refractivity contribution in [1.29, 1.82) is 0 Å². The van der Waals surface area contributed by atoms with Crippen LogP contribution in [0.1, 0.15) is 56.7 Å². The molecule has 0 fully saturated rings. The Bertz CT molecular complexity index is 745. The number of ether oxygens (including phenoxy) is 1. The van der Waals surface area contributed by atoms with E-state index in [-0.39, 0.29) is 6.10 Å². The zero-order valence-electron chi connectivity index (χ0n) is 17.2. The van der Waals surface area contributed by atoms with Crippen molar-refractivity contribution in [2.45, 2.75) is 59.0 Å². The van der Waals surface area contributed by atoms with E-state index in [4.69, 9.17) is 4.74 Å². The zero-order valence-corrected chi connectivity index (χ0v) is 18.0. The van der Waals surface area contributed by atoms with Crippen LogP contribution in [-0.4, -0.2) is 18.9 Å². The summed E-state index contributed by atoms with van der Waals surface area (Å²) in [5.74, 6) is 2.73. The number of fused-ring (bicyclic) bond motifs is 1. The third-order valence-corrected chi connectivity index (χ3v) is 6.50. The van der Waals surface area contributed by atoms with Crippen LogP contribution in [0.2, 0.25) is 0 Å². The summed E-state index contributed by atoms with van der Waals surface area (Å²) in [4.78, 5) is 1.37. The van der Waals surface area contributed by atoms with Gasteiger partial charge in [-0.05, 0) is 87.1 Å². The molecule has 0 saturated carbocycles. The smallest absolute Gasteiger partial charge is 0.118 e. The van der Waals surface area contributed by atoms with Gasteiger partial charge < -0.3 is 10.1 Å². The Morgan fingerprint density at radius 1 is 1.30 bits per heavy atom. The van der Waals surface area contributed by atoms with Crippen molar-refractivity contribution in [2.24, 2.45) is 5.92 Å². The molecule has 0 aliphatic heterocycles. The summed E-state index contributed by atoms with van der Waals surface area (Å²) in [6.07, 6.45) is 13.1. The first-order valence-corrected chi connectivity index (χ1v) is 11.2. The fourth-order valence-electron chi connectivity index (χ4n) is 3.97. The summed E-state index contributed by atoms with van der Waals surface area (Å²) in [5.41, 5.74) is 5.92. The summed E-state index contributed by atoms with van der Waals surface area (Å²) in [6.45, 7) is 6.38. The van der Waals surface area contributed by atoms with Gasteiger partial charge in [0.15, 0.2) is 0 Å². The highest BCUT2D eigenvalue weighted by atomic mass is 32.2. The van der Waals surface area contributed by atoms with Gasteiger partial charge in [0, 0.05) is 23.9 Å². The maximum atomic E-state index is 5.91. The number of rotatable bonds is 7. The van der Waals surface area contributed by atoms with Crippen LogP contribution >= 0.6 is 11.8 Å². The van der Waals surface area contributed by atoms with Crippen molar-refractivity contribution in [2.75, 3.05) is 12.8 Å². The van der Waals surface area contributed by atoms with Crippen molar-refractivity contribution < 1.29 is 4.74 Å². The molecule has 1 aromatic carbocycles. The van der Waals surface area contributed by atoms with Crippen molar-refractivity contribution in [3.8, 4) is 0 Å². The molecule has 0 radical (unpaired) electrons. The first-order chi connectivity index (χ1) is 13.1. The number of aryl methyl sites for hydroxylation is 1. The lowest BCUT2D eigenvalue weighted by atomic mass is 9.88. The van der Waals surface area contributed by atoms with E-state index in [9.17, 15) is 0 Å². The number of benzene rings is 1. The Balaban J connectivity index is 1.68. The second kappa shape index (κ2) is 9.54. The minimum Gasteiger partial charge on any atom is -0.491 e. The lowest BCUT2D eigenvalue weighted by Crippen LogP contribution is -2.11. The van der Waals surface area contributed by atoms with Gasteiger partial charge >= 0.3 is 0 Å². The van der Waals surface area contributed by atoms with Crippen LogP contribution in [0.3, 0.4) is 0 Å². The lowest BCUT2D eigenvalue weighted by molar-refractivity contribution is 0.153. The molecule has 3 heteroatoms.